The summed E-state index contributed by atoms with van der Waals surface area (Å²) in [5, 5.41) is 18.5. The molecule has 4 rings (SSSR count). The van der Waals surface area contributed by atoms with Gasteiger partial charge in [-0.1, -0.05) is 29.3 Å². The predicted molar refractivity (Wildman–Crippen MR) is 93.1 cm³/mol. The number of H-pyrrole nitrogens is 1. The second-order valence-electron chi connectivity index (χ2n) is 6.09. The zero-order valence-corrected chi connectivity index (χ0v) is 14.0. The van der Waals surface area contributed by atoms with Gasteiger partial charge in [0, 0.05) is 41.6 Å². The molecule has 0 radical (unpaired) electrons. The Morgan fingerprint density at radius 1 is 1.35 bits per heavy atom. The Labute approximate surface area is 144 Å². The van der Waals surface area contributed by atoms with Crippen LogP contribution in [-0.2, 0) is 13.0 Å². The van der Waals surface area contributed by atoms with E-state index in [2.05, 4.69) is 14.8 Å². The first-order chi connectivity index (χ1) is 11.2. The summed E-state index contributed by atoms with van der Waals surface area (Å²) in [6.45, 7) is 1.09. The van der Waals surface area contributed by atoms with E-state index >= 15 is 0 Å². The van der Waals surface area contributed by atoms with Crippen LogP contribution in [0, 0.1) is 5.92 Å². The van der Waals surface area contributed by atoms with Crippen molar-refractivity contribution in [2.75, 3.05) is 6.61 Å². The molecule has 0 fully saturated rings. The molecule has 2 N–H and O–H groups in total. The monoisotopic (exact) mass is 349 g/mol. The maximum Gasteiger partial charge on any atom is 0.0835 e. The number of benzene rings is 1. The number of aliphatic hydroxyl groups excluding tert-OH is 1. The van der Waals surface area contributed by atoms with Crippen LogP contribution in [0.2, 0.25) is 10.0 Å². The SMILES string of the molecule is OCCC1CCc2c(-c3cn[nH]c3)c3ccc(Cl)c(Cl)c3n2C1. The van der Waals surface area contributed by atoms with Gasteiger partial charge in [0.25, 0.3) is 0 Å². The number of hydrogen-bond donors (Lipinski definition) is 2. The zero-order chi connectivity index (χ0) is 16.0. The summed E-state index contributed by atoms with van der Waals surface area (Å²) >= 11 is 12.8. The molecule has 120 valence electrons. The summed E-state index contributed by atoms with van der Waals surface area (Å²) < 4.78 is 2.29. The minimum atomic E-state index is 0.224. The lowest BCUT2D eigenvalue weighted by Gasteiger charge is -2.25. The molecule has 0 spiro atoms. The lowest BCUT2D eigenvalue weighted by Crippen LogP contribution is -2.21. The number of halogens is 2. The van der Waals surface area contributed by atoms with E-state index in [0.717, 1.165) is 42.3 Å². The van der Waals surface area contributed by atoms with Crippen molar-refractivity contribution in [2.24, 2.45) is 5.92 Å². The highest BCUT2D eigenvalue weighted by Gasteiger charge is 2.27. The second-order valence-corrected chi connectivity index (χ2v) is 6.88. The standard InChI is InChI=1S/C17H17Cl2N3O/c18-13-3-2-12-15(11-7-20-21-8-11)14-4-1-10(5-6-23)9-22(14)17(12)16(13)19/h2-3,7-8,10,23H,1,4-6,9H2,(H,20,21). The van der Waals surface area contributed by atoms with Gasteiger partial charge in [0.05, 0.1) is 21.8 Å². The Morgan fingerprint density at radius 3 is 2.96 bits per heavy atom. The molecule has 3 aromatic rings. The molecule has 3 heterocycles. The average molecular weight is 350 g/mol. The lowest BCUT2D eigenvalue weighted by atomic mass is 9.93. The van der Waals surface area contributed by atoms with Crippen LogP contribution in [-0.4, -0.2) is 26.5 Å². The van der Waals surface area contributed by atoms with Crippen molar-refractivity contribution in [3.63, 3.8) is 0 Å². The third kappa shape index (κ3) is 2.36. The molecular weight excluding hydrogens is 333 g/mol. The molecule has 0 saturated heterocycles. The summed E-state index contributed by atoms with van der Waals surface area (Å²) in [6.07, 6.45) is 6.62. The van der Waals surface area contributed by atoms with Crippen LogP contribution in [0.25, 0.3) is 22.0 Å². The zero-order valence-electron chi connectivity index (χ0n) is 12.5. The van der Waals surface area contributed by atoms with Crippen molar-refractivity contribution in [2.45, 2.75) is 25.8 Å². The fourth-order valence-electron chi connectivity index (χ4n) is 3.71. The van der Waals surface area contributed by atoms with E-state index in [4.69, 9.17) is 23.2 Å². The number of rotatable bonds is 3. The molecule has 1 atom stereocenters. The minimum absolute atomic E-state index is 0.224. The number of aromatic nitrogens is 3. The maximum atomic E-state index is 9.27. The topological polar surface area (TPSA) is 53.8 Å². The van der Waals surface area contributed by atoms with Gasteiger partial charge in [-0.2, -0.15) is 5.10 Å². The number of nitrogens with one attached hydrogen (secondary N) is 1. The molecular formula is C17H17Cl2N3O. The second kappa shape index (κ2) is 5.86. The van der Waals surface area contributed by atoms with Crippen molar-refractivity contribution in [3.8, 4) is 11.1 Å². The molecule has 4 nitrogen and oxygen atoms in total. The summed E-state index contributed by atoms with van der Waals surface area (Å²) in [7, 11) is 0. The third-order valence-corrected chi connectivity index (χ3v) is 5.57. The molecule has 0 amide bonds. The lowest BCUT2D eigenvalue weighted by molar-refractivity contribution is 0.233. The van der Waals surface area contributed by atoms with Crippen LogP contribution in [0.15, 0.2) is 24.5 Å². The Balaban J connectivity index is 1.99. The molecule has 1 aromatic carbocycles. The predicted octanol–water partition coefficient (Wildman–Crippen LogP) is 4.28. The molecule has 2 aromatic heterocycles. The molecule has 0 saturated carbocycles. The molecule has 23 heavy (non-hydrogen) atoms. The van der Waals surface area contributed by atoms with Gasteiger partial charge in [-0.15, -0.1) is 0 Å². The third-order valence-electron chi connectivity index (χ3n) is 4.78. The number of fused-ring (bicyclic) bond motifs is 3. The fourth-order valence-corrected chi connectivity index (χ4v) is 4.13. The smallest absolute Gasteiger partial charge is 0.0835 e. The van der Waals surface area contributed by atoms with Crippen molar-refractivity contribution in [3.05, 3.63) is 40.3 Å². The van der Waals surface area contributed by atoms with Gasteiger partial charge in [-0.25, -0.2) is 0 Å². The quantitative estimate of drug-likeness (QED) is 0.741. The number of aliphatic hydroxyl groups is 1. The first kappa shape index (κ1) is 15.1. The van der Waals surface area contributed by atoms with Crippen molar-refractivity contribution in [1.29, 1.82) is 0 Å². The van der Waals surface area contributed by atoms with Crippen LogP contribution in [0.4, 0.5) is 0 Å². The van der Waals surface area contributed by atoms with Crippen LogP contribution in [0.3, 0.4) is 0 Å². The highest BCUT2D eigenvalue weighted by Crippen LogP contribution is 2.43. The summed E-state index contributed by atoms with van der Waals surface area (Å²) in [5.74, 6) is 0.468. The maximum absolute atomic E-state index is 9.27. The minimum Gasteiger partial charge on any atom is -0.396 e. The van der Waals surface area contributed by atoms with Gasteiger partial charge >= 0.3 is 0 Å². The van der Waals surface area contributed by atoms with Gasteiger partial charge in [0.1, 0.15) is 0 Å². The van der Waals surface area contributed by atoms with E-state index in [1.807, 2.05) is 24.5 Å². The van der Waals surface area contributed by atoms with E-state index in [1.54, 1.807) is 0 Å². The van der Waals surface area contributed by atoms with Crippen LogP contribution < -0.4 is 0 Å². The van der Waals surface area contributed by atoms with Crippen molar-refractivity contribution >= 4 is 34.1 Å². The first-order valence-corrected chi connectivity index (χ1v) is 8.55. The molecule has 0 bridgehead atoms. The van der Waals surface area contributed by atoms with Gasteiger partial charge in [-0.3, -0.25) is 5.10 Å². The largest absolute Gasteiger partial charge is 0.396 e. The van der Waals surface area contributed by atoms with Crippen molar-refractivity contribution < 1.29 is 5.11 Å². The van der Waals surface area contributed by atoms with Gasteiger partial charge in [0.15, 0.2) is 0 Å². The van der Waals surface area contributed by atoms with E-state index in [1.165, 1.54) is 11.3 Å². The average Bonchev–Trinajstić information content (AvgIpc) is 3.16. The molecule has 1 aliphatic rings. The highest BCUT2D eigenvalue weighted by molar-refractivity contribution is 6.45. The Bertz CT molecular complexity index is 855. The number of nitrogens with zero attached hydrogens (tertiary/aromatic N) is 2. The molecule has 6 heteroatoms. The van der Waals surface area contributed by atoms with E-state index < -0.39 is 0 Å². The van der Waals surface area contributed by atoms with Crippen LogP contribution in [0.5, 0.6) is 0 Å². The first-order valence-electron chi connectivity index (χ1n) is 7.79. The normalized spacial score (nSPS) is 17.6. The Kier molecular flexibility index (Phi) is 3.84. The summed E-state index contributed by atoms with van der Waals surface area (Å²) in [5.41, 5.74) is 4.53. The van der Waals surface area contributed by atoms with E-state index in [-0.39, 0.29) is 6.61 Å². The number of aromatic amines is 1. The van der Waals surface area contributed by atoms with Gasteiger partial charge < -0.3 is 9.67 Å². The van der Waals surface area contributed by atoms with Crippen molar-refractivity contribution in [1.82, 2.24) is 14.8 Å². The van der Waals surface area contributed by atoms with Crippen LogP contribution in [0.1, 0.15) is 18.5 Å². The summed E-state index contributed by atoms with van der Waals surface area (Å²) in [4.78, 5) is 0. The highest BCUT2D eigenvalue weighted by atomic mass is 35.5. The van der Waals surface area contributed by atoms with E-state index in [9.17, 15) is 5.11 Å². The van der Waals surface area contributed by atoms with E-state index in [0.29, 0.717) is 16.0 Å². The molecule has 0 aliphatic carbocycles. The molecule has 1 unspecified atom stereocenters. The van der Waals surface area contributed by atoms with Gasteiger partial charge in [0.2, 0.25) is 0 Å². The van der Waals surface area contributed by atoms with Crippen LogP contribution >= 0.6 is 23.2 Å². The number of hydrogen-bond acceptors (Lipinski definition) is 2. The fraction of sp³-hybridized carbons (Fsp3) is 0.353. The molecule has 1 aliphatic heterocycles. The Morgan fingerprint density at radius 2 is 2.22 bits per heavy atom. The van der Waals surface area contributed by atoms with Gasteiger partial charge in [-0.05, 0) is 31.2 Å². The summed E-state index contributed by atoms with van der Waals surface area (Å²) in [6, 6.07) is 3.89. The Hall–Kier alpha value is -1.49.